The summed E-state index contributed by atoms with van der Waals surface area (Å²) in [5, 5.41) is 80.9. The zero-order valence-electron chi connectivity index (χ0n) is 17.8. The van der Waals surface area contributed by atoms with Crippen LogP contribution < -0.4 is 10.7 Å². The normalized spacial score (nSPS) is 11.0. The molecule has 35 heavy (non-hydrogen) atoms. The summed E-state index contributed by atoms with van der Waals surface area (Å²) in [5.41, 5.74) is -2.21. The van der Waals surface area contributed by atoms with Crippen LogP contribution in [0, 0.1) is 6.92 Å². The lowest BCUT2D eigenvalue weighted by Gasteiger charge is -2.15. The standard InChI is InChI=1S/C23H18N2O10/c1-7-2-9(5-13(28)18(7)30)24-23(35)16-17(8-3-11(26)19(31)12(27)4-8)25-10-6-14(29)20(32)22(34)15(10)21(16)33/h2-6,26-32,34H,1H3,(H,24,35)(H,25,33). The highest BCUT2D eigenvalue weighted by atomic mass is 16.3. The quantitative estimate of drug-likeness (QED) is 0.152. The topological polar surface area (TPSA) is 224 Å². The van der Waals surface area contributed by atoms with Crippen molar-refractivity contribution >= 4 is 22.5 Å². The largest absolute Gasteiger partial charge is 0.504 e. The number of phenolic OH excluding ortho intramolecular Hbond substituents is 8. The van der Waals surface area contributed by atoms with Crippen molar-refractivity contribution in [1.29, 1.82) is 0 Å². The van der Waals surface area contributed by atoms with E-state index in [-0.39, 0.29) is 28.0 Å². The van der Waals surface area contributed by atoms with Gasteiger partial charge in [-0.2, -0.15) is 0 Å². The van der Waals surface area contributed by atoms with E-state index in [1.54, 1.807) is 0 Å². The minimum atomic E-state index is -1.11. The fourth-order valence-electron chi connectivity index (χ4n) is 3.62. The van der Waals surface area contributed by atoms with Gasteiger partial charge in [-0.05, 0) is 30.7 Å². The van der Waals surface area contributed by atoms with E-state index in [0.29, 0.717) is 0 Å². The van der Waals surface area contributed by atoms with Gasteiger partial charge in [0.05, 0.1) is 16.6 Å². The monoisotopic (exact) mass is 482 g/mol. The number of amides is 1. The molecule has 0 spiro atoms. The smallest absolute Gasteiger partial charge is 0.261 e. The molecule has 0 aliphatic carbocycles. The number of aromatic amines is 1. The Morgan fingerprint density at radius 1 is 0.743 bits per heavy atom. The Morgan fingerprint density at radius 2 is 1.31 bits per heavy atom. The molecule has 0 aliphatic rings. The number of hydrogen-bond acceptors (Lipinski definition) is 10. The van der Waals surface area contributed by atoms with E-state index < -0.39 is 68.3 Å². The number of nitrogens with one attached hydrogen (secondary N) is 2. The van der Waals surface area contributed by atoms with Gasteiger partial charge in [0.1, 0.15) is 5.56 Å². The molecule has 4 aromatic rings. The lowest BCUT2D eigenvalue weighted by molar-refractivity contribution is 0.102. The van der Waals surface area contributed by atoms with Crippen LogP contribution in [0.4, 0.5) is 5.69 Å². The first-order chi connectivity index (χ1) is 16.4. The van der Waals surface area contributed by atoms with Crippen LogP contribution in [0.25, 0.3) is 22.2 Å². The summed E-state index contributed by atoms with van der Waals surface area (Å²) in [6.45, 7) is 1.45. The molecular formula is C23H18N2O10. The maximum atomic E-state index is 13.4. The summed E-state index contributed by atoms with van der Waals surface area (Å²) in [4.78, 5) is 29.3. The zero-order valence-corrected chi connectivity index (χ0v) is 17.8. The van der Waals surface area contributed by atoms with Gasteiger partial charge in [-0.25, -0.2) is 0 Å². The van der Waals surface area contributed by atoms with Crippen molar-refractivity contribution in [2.75, 3.05) is 5.32 Å². The fraction of sp³-hybridized carbons (Fsp3) is 0.0435. The third kappa shape index (κ3) is 3.68. The summed E-state index contributed by atoms with van der Waals surface area (Å²) < 4.78 is 0. The number of pyridine rings is 1. The summed E-state index contributed by atoms with van der Waals surface area (Å²) in [7, 11) is 0. The van der Waals surface area contributed by atoms with E-state index in [1.165, 1.54) is 13.0 Å². The van der Waals surface area contributed by atoms with Crippen molar-refractivity contribution in [3.8, 4) is 57.3 Å². The highest BCUT2D eigenvalue weighted by Gasteiger charge is 2.26. The van der Waals surface area contributed by atoms with Gasteiger partial charge in [-0.1, -0.05) is 0 Å². The van der Waals surface area contributed by atoms with Gasteiger partial charge in [0.2, 0.25) is 11.2 Å². The number of fused-ring (bicyclic) bond motifs is 1. The third-order valence-corrected chi connectivity index (χ3v) is 5.34. The van der Waals surface area contributed by atoms with Crippen LogP contribution in [0.15, 0.2) is 35.1 Å². The number of aromatic hydroxyl groups is 8. The average molecular weight is 482 g/mol. The van der Waals surface area contributed by atoms with Crippen LogP contribution in [0.5, 0.6) is 46.0 Å². The number of phenols is 8. The number of carbonyl (C=O) groups is 1. The number of H-pyrrole nitrogens is 1. The van der Waals surface area contributed by atoms with Gasteiger partial charge in [-0.15, -0.1) is 0 Å². The summed E-state index contributed by atoms with van der Waals surface area (Å²) in [5.74, 6) is -7.21. The van der Waals surface area contributed by atoms with E-state index in [1.807, 2.05) is 0 Å². The van der Waals surface area contributed by atoms with Gasteiger partial charge in [-0.3, -0.25) is 9.59 Å². The van der Waals surface area contributed by atoms with E-state index >= 15 is 0 Å². The molecule has 12 heteroatoms. The first-order valence-corrected chi connectivity index (χ1v) is 9.83. The highest BCUT2D eigenvalue weighted by Crippen LogP contribution is 2.42. The summed E-state index contributed by atoms with van der Waals surface area (Å²) >= 11 is 0. The average Bonchev–Trinajstić information content (AvgIpc) is 2.78. The Bertz CT molecular complexity index is 1560. The number of hydrogen-bond donors (Lipinski definition) is 10. The van der Waals surface area contributed by atoms with E-state index in [4.69, 9.17) is 0 Å². The van der Waals surface area contributed by atoms with Crippen molar-refractivity contribution in [2.45, 2.75) is 6.92 Å². The molecule has 1 amide bonds. The number of rotatable bonds is 3. The molecule has 1 heterocycles. The molecule has 10 N–H and O–H groups in total. The van der Waals surface area contributed by atoms with Crippen LogP contribution in [-0.2, 0) is 0 Å². The van der Waals surface area contributed by atoms with Gasteiger partial charge in [0.15, 0.2) is 40.2 Å². The molecular weight excluding hydrogens is 464 g/mol. The van der Waals surface area contributed by atoms with Gasteiger partial charge in [0.25, 0.3) is 5.91 Å². The third-order valence-electron chi connectivity index (χ3n) is 5.34. The number of aryl methyl sites for hydroxylation is 1. The summed E-state index contributed by atoms with van der Waals surface area (Å²) in [6, 6.07) is 5.13. The molecule has 0 atom stereocenters. The van der Waals surface area contributed by atoms with Crippen molar-refractivity contribution in [3.63, 3.8) is 0 Å². The van der Waals surface area contributed by atoms with Crippen LogP contribution >= 0.6 is 0 Å². The molecule has 3 aromatic carbocycles. The van der Waals surface area contributed by atoms with E-state index in [0.717, 1.165) is 24.3 Å². The van der Waals surface area contributed by atoms with Crippen LogP contribution in [0.2, 0.25) is 0 Å². The molecule has 180 valence electrons. The highest BCUT2D eigenvalue weighted by molar-refractivity contribution is 6.11. The van der Waals surface area contributed by atoms with Crippen LogP contribution in [-0.4, -0.2) is 51.7 Å². The van der Waals surface area contributed by atoms with Crippen LogP contribution in [0.3, 0.4) is 0 Å². The fourth-order valence-corrected chi connectivity index (χ4v) is 3.62. The van der Waals surface area contributed by atoms with Gasteiger partial charge < -0.3 is 51.2 Å². The molecule has 12 nitrogen and oxygen atoms in total. The van der Waals surface area contributed by atoms with Crippen LogP contribution in [0.1, 0.15) is 15.9 Å². The minimum absolute atomic E-state index is 0.0116. The number of benzene rings is 3. The molecule has 0 unspecified atom stereocenters. The molecule has 0 saturated heterocycles. The molecule has 0 radical (unpaired) electrons. The molecule has 4 rings (SSSR count). The minimum Gasteiger partial charge on any atom is -0.504 e. The Kier molecular flexibility index (Phi) is 5.21. The Morgan fingerprint density at radius 3 is 1.91 bits per heavy atom. The van der Waals surface area contributed by atoms with Crippen molar-refractivity contribution in [3.05, 3.63) is 51.7 Å². The summed E-state index contributed by atoms with van der Waals surface area (Å²) in [6.07, 6.45) is 0. The predicted molar refractivity (Wildman–Crippen MR) is 122 cm³/mol. The second-order valence-corrected chi connectivity index (χ2v) is 7.70. The number of anilines is 1. The number of aromatic nitrogens is 1. The molecule has 0 aliphatic heterocycles. The zero-order chi connectivity index (χ0) is 25.8. The maximum Gasteiger partial charge on any atom is 0.261 e. The number of carbonyl (C=O) groups excluding carboxylic acids is 1. The Hall–Kier alpha value is -5.26. The molecule has 0 fully saturated rings. The molecule has 0 saturated carbocycles. The SMILES string of the molecule is Cc1cc(NC(=O)c2c(-c3cc(O)c(O)c(O)c3)[nH]c3cc(O)c(O)c(O)c3c2=O)cc(O)c1O. The second kappa shape index (κ2) is 7.95. The lowest BCUT2D eigenvalue weighted by atomic mass is 10.00. The first kappa shape index (κ1) is 22.9. The first-order valence-electron chi connectivity index (χ1n) is 9.83. The Balaban J connectivity index is 2.02. The van der Waals surface area contributed by atoms with E-state index in [2.05, 4.69) is 10.3 Å². The lowest BCUT2D eigenvalue weighted by Crippen LogP contribution is -2.24. The van der Waals surface area contributed by atoms with Crippen molar-refractivity contribution < 1.29 is 45.6 Å². The van der Waals surface area contributed by atoms with Crippen molar-refractivity contribution in [2.24, 2.45) is 0 Å². The van der Waals surface area contributed by atoms with Gasteiger partial charge in [0, 0.05) is 23.4 Å². The molecule has 1 aromatic heterocycles. The molecule has 0 bridgehead atoms. The van der Waals surface area contributed by atoms with E-state index in [9.17, 15) is 50.4 Å². The second-order valence-electron chi connectivity index (χ2n) is 7.70. The predicted octanol–water partition coefficient (Wildman–Crippen LogP) is 2.40. The van der Waals surface area contributed by atoms with Crippen molar-refractivity contribution in [1.82, 2.24) is 4.98 Å². The Labute approximate surface area is 194 Å². The van der Waals surface area contributed by atoms with Gasteiger partial charge >= 0.3 is 0 Å². The maximum absolute atomic E-state index is 13.4.